The Hall–Kier alpha value is -5.20. The van der Waals surface area contributed by atoms with Crippen molar-refractivity contribution >= 4 is 48.3 Å². The minimum Gasteiger partial charge on any atom is -0.494 e. The second-order valence-electron chi connectivity index (χ2n) is 22.0. The minimum absolute atomic E-state index is 0.172. The van der Waals surface area contributed by atoms with Gasteiger partial charge in [-0.1, -0.05) is 94.3 Å². The van der Waals surface area contributed by atoms with Crippen LogP contribution in [0.4, 0.5) is 0 Å². The average molecular weight is 1110 g/mol. The number of rotatable bonds is 31. The number of para-hydroxylation sites is 2. The highest BCUT2D eigenvalue weighted by molar-refractivity contribution is 7.62. The Bertz CT molecular complexity index is 2770. The number of carboxylic acids is 2. The molecule has 6 aromatic rings. The van der Waals surface area contributed by atoms with Crippen molar-refractivity contribution in [1.29, 1.82) is 0 Å². The van der Waals surface area contributed by atoms with Crippen molar-refractivity contribution in [2.45, 2.75) is 135 Å². The van der Waals surface area contributed by atoms with Gasteiger partial charge in [0.05, 0.1) is 13.2 Å². The summed E-state index contributed by atoms with van der Waals surface area (Å²) in [6.07, 6.45) is 15.9. The first-order chi connectivity index (χ1) is 37.8. The molecule has 2 aliphatic rings. The van der Waals surface area contributed by atoms with E-state index >= 15 is 0 Å². The molecule has 8 N–H and O–H groups in total. The number of nitrogens with one attached hydrogen (secondary N) is 6. The maximum absolute atomic E-state index is 13.9. The lowest BCUT2D eigenvalue weighted by Gasteiger charge is -2.27. The summed E-state index contributed by atoms with van der Waals surface area (Å²) >= 11 is 0. The van der Waals surface area contributed by atoms with Gasteiger partial charge in [-0.25, -0.2) is 0 Å². The normalized spacial score (nSPS) is 16.7. The van der Waals surface area contributed by atoms with Crippen molar-refractivity contribution in [3.8, 4) is 11.5 Å². The van der Waals surface area contributed by atoms with Gasteiger partial charge in [0.2, 0.25) is 0 Å². The number of fused-ring (bicyclic) bond motifs is 2. The van der Waals surface area contributed by atoms with E-state index < -0.39 is 38.6 Å². The van der Waals surface area contributed by atoms with Crippen molar-refractivity contribution < 1.29 is 38.4 Å². The number of H-pyrrole nitrogens is 2. The molecule has 4 aromatic carbocycles. The molecule has 16 heteroatoms. The summed E-state index contributed by atoms with van der Waals surface area (Å²) in [6.45, 7) is 11.8. The van der Waals surface area contributed by atoms with Gasteiger partial charge in [0.1, 0.15) is 30.9 Å². The van der Waals surface area contributed by atoms with Crippen LogP contribution in [0.15, 0.2) is 109 Å². The Morgan fingerprint density at radius 1 is 0.590 bits per heavy atom. The van der Waals surface area contributed by atoms with E-state index in [1.54, 1.807) is 0 Å². The first-order valence-electron chi connectivity index (χ1n) is 28.9. The van der Waals surface area contributed by atoms with Gasteiger partial charge in [-0.3, -0.25) is 19.8 Å². The lowest BCUT2D eigenvalue weighted by molar-refractivity contribution is -0.139. The van der Waals surface area contributed by atoms with Gasteiger partial charge in [-0.05, 0) is 192 Å². The number of aromatic nitrogens is 2. The Balaban J connectivity index is 0.000000226. The molecule has 0 spiro atoms. The molecule has 0 radical (unpaired) electrons. The fourth-order valence-electron chi connectivity index (χ4n) is 10.8. The Labute approximate surface area is 463 Å². The zero-order chi connectivity index (χ0) is 55.2. The topological polar surface area (TPSA) is 207 Å². The predicted octanol–water partition coefficient (Wildman–Crippen LogP) is 12.5. The molecule has 4 heterocycles. The predicted molar refractivity (Wildman–Crippen MR) is 319 cm³/mol. The Morgan fingerprint density at radius 3 is 1.45 bits per heavy atom. The van der Waals surface area contributed by atoms with Crippen LogP contribution in [0.3, 0.4) is 0 Å². The highest BCUT2D eigenvalue weighted by atomic mass is 31.2. The highest BCUT2D eigenvalue weighted by Crippen LogP contribution is 2.48. The van der Waals surface area contributed by atoms with Crippen LogP contribution in [-0.4, -0.2) is 108 Å². The summed E-state index contributed by atoms with van der Waals surface area (Å²) in [5.74, 6) is 1.33. The van der Waals surface area contributed by atoms with Crippen molar-refractivity contribution in [3.05, 3.63) is 132 Å². The SMILES string of the molecule is CC(C)P(=O)(CCc1cc2ccccc2[nH]1)NC(Cc1ccc(OCCCCC2CCNCC2)cc1)C(=O)O.CCCP(=O)(CCc1cc2ccccc2[nH]1)NC(Cc1ccc(OCCCCC2CCNCC2)cc1)C(=O)O. The summed E-state index contributed by atoms with van der Waals surface area (Å²) in [6, 6.07) is 33.7. The second kappa shape index (κ2) is 31.0. The quantitative estimate of drug-likeness (QED) is 0.0151. The van der Waals surface area contributed by atoms with Crippen LogP contribution in [0.2, 0.25) is 0 Å². The second-order valence-corrected chi connectivity index (χ2v) is 28.3. The van der Waals surface area contributed by atoms with E-state index in [0.717, 1.165) is 113 Å². The molecule has 2 aromatic heterocycles. The summed E-state index contributed by atoms with van der Waals surface area (Å²) < 4.78 is 39.6. The molecule has 424 valence electrons. The van der Waals surface area contributed by atoms with Gasteiger partial charge >= 0.3 is 11.9 Å². The molecule has 2 fully saturated rings. The molecule has 0 aliphatic carbocycles. The Morgan fingerprint density at radius 2 is 1.03 bits per heavy atom. The summed E-state index contributed by atoms with van der Waals surface area (Å²) in [7, 11) is -5.86. The van der Waals surface area contributed by atoms with Gasteiger partial charge in [0, 0.05) is 46.6 Å². The summed E-state index contributed by atoms with van der Waals surface area (Å²) in [5, 5.41) is 35.1. The van der Waals surface area contributed by atoms with Crippen LogP contribution in [0.25, 0.3) is 21.8 Å². The van der Waals surface area contributed by atoms with E-state index in [9.17, 15) is 28.9 Å². The van der Waals surface area contributed by atoms with Gasteiger partial charge in [-0.2, -0.15) is 0 Å². The lowest BCUT2D eigenvalue weighted by Crippen LogP contribution is -2.39. The van der Waals surface area contributed by atoms with E-state index in [2.05, 4.69) is 42.9 Å². The van der Waals surface area contributed by atoms with Crippen molar-refractivity contribution in [1.82, 2.24) is 30.8 Å². The summed E-state index contributed by atoms with van der Waals surface area (Å²) in [5.41, 5.74) is 5.71. The molecular formula is C62H88N6O8P2. The number of aryl methyl sites for hydroxylation is 2. The van der Waals surface area contributed by atoms with Crippen LogP contribution < -0.4 is 30.3 Å². The molecule has 0 amide bonds. The molecule has 78 heavy (non-hydrogen) atoms. The summed E-state index contributed by atoms with van der Waals surface area (Å²) in [4.78, 5) is 31.1. The van der Waals surface area contributed by atoms with Crippen molar-refractivity contribution in [2.24, 2.45) is 11.8 Å². The number of piperidine rings is 2. The third kappa shape index (κ3) is 19.6. The molecule has 2 aliphatic heterocycles. The molecule has 2 saturated heterocycles. The van der Waals surface area contributed by atoms with Gasteiger partial charge in [0.25, 0.3) is 0 Å². The fraction of sp³-hybridized carbons (Fsp3) is 0.516. The first-order valence-corrected chi connectivity index (χ1v) is 33.0. The molecule has 8 rings (SSSR count). The third-order valence-electron chi connectivity index (χ3n) is 15.6. The third-order valence-corrected chi connectivity index (χ3v) is 21.8. The van der Waals surface area contributed by atoms with Crippen molar-refractivity contribution in [2.75, 3.05) is 57.9 Å². The smallest absolute Gasteiger partial charge is 0.321 e. The minimum atomic E-state index is -2.97. The number of hydrogen-bond acceptors (Lipinski definition) is 8. The van der Waals surface area contributed by atoms with E-state index in [-0.39, 0.29) is 18.5 Å². The number of carboxylic acid groups (broad SMARTS) is 2. The monoisotopic (exact) mass is 1110 g/mol. The molecular weight excluding hydrogens is 1020 g/mol. The standard InChI is InChI=1S/2C31H44N3O4P/c1-23(2)39(37,20-16-27-22-26-8-3-4-9-29(26)33-27)34-30(31(35)36)21-25-10-12-28(13-11-25)38-19-6-5-7-24-14-17-32-18-15-24;1-2-20-39(37,21-16-27-23-26-8-3-4-9-29(26)33-27)34-30(31(35)36)22-25-10-12-28(13-11-25)38-19-6-5-7-24-14-17-32-18-15-24/h3-4,8-13,22-24,30,32-33H,5-7,14-21H2,1-2H3,(H,34,37)(H,35,36);3-4,8-13,23-24,30,32-33H,2,5-7,14-22H2,1H3,(H,34,37)(H,35,36). The number of ether oxygens (including phenoxy) is 2. The number of unbranched alkanes of at least 4 members (excludes halogenated alkanes) is 2. The molecule has 4 atom stereocenters. The number of carbonyl (C=O) groups is 2. The largest absolute Gasteiger partial charge is 0.494 e. The van der Waals surface area contributed by atoms with E-state index in [4.69, 9.17) is 9.47 Å². The van der Waals surface area contributed by atoms with Crippen LogP contribution in [-0.2, 0) is 44.4 Å². The highest BCUT2D eigenvalue weighted by Gasteiger charge is 2.33. The fourth-order valence-corrected chi connectivity index (χ4v) is 15.6. The van der Waals surface area contributed by atoms with E-state index in [1.165, 1.54) is 51.4 Å². The molecule has 14 nitrogen and oxygen atoms in total. The van der Waals surface area contributed by atoms with Crippen LogP contribution >= 0.6 is 14.6 Å². The molecule has 0 saturated carbocycles. The number of hydrogen-bond donors (Lipinski definition) is 8. The van der Waals surface area contributed by atoms with Gasteiger partial charge in [0.15, 0.2) is 7.29 Å². The van der Waals surface area contributed by atoms with Gasteiger partial charge in [-0.15, -0.1) is 0 Å². The average Bonchev–Trinajstić information content (AvgIpc) is 4.08. The maximum atomic E-state index is 13.9. The van der Waals surface area contributed by atoms with Crippen molar-refractivity contribution in [3.63, 3.8) is 0 Å². The van der Waals surface area contributed by atoms with Crippen LogP contribution in [0.5, 0.6) is 11.5 Å². The van der Waals surface area contributed by atoms with E-state index in [1.807, 2.05) is 118 Å². The molecule has 4 unspecified atom stereocenters. The van der Waals surface area contributed by atoms with Gasteiger partial charge < -0.3 is 49.4 Å². The Kier molecular flexibility index (Phi) is 24.0. The maximum Gasteiger partial charge on any atom is 0.321 e. The number of aromatic amines is 2. The van der Waals surface area contributed by atoms with Crippen LogP contribution in [0.1, 0.15) is 114 Å². The number of benzene rings is 4. The van der Waals surface area contributed by atoms with E-state index in [0.29, 0.717) is 44.5 Å². The molecule has 0 bridgehead atoms. The number of aliphatic carboxylic acids is 2. The van der Waals surface area contributed by atoms with Crippen LogP contribution in [0, 0.1) is 11.8 Å². The lowest BCUT2D eigenvalue weighted by atomic mass is 9.93. The first kappa shape index (κ1) is 60.4. The zero-order valence-electron chi connectivity index (χ0n) is 46.5. The zero-order valence-corrected chi connectivity index (χ0v) is 48.3.